The predicted molar refractivity (Wildman–Crippen MR) is 165 cm³/mol. The van der Waals surface area contributed by atoms with Gasteiger partial charge in [0.25, 0.3) is 11.6 Å². The molecular weight excluding hydrogens is 590 g/mol. The first-order valence-electron chi connectivity index (χ1n) is 14.1. The molecule has 3 aromatic carbocycles. The van der Waals surface area contributed by atoms with Crippen LogP contribution in [0.3, 0.4) is 0 Å². The van der Waals surface area contributed by atoms with Gasteiger partial charge in [-0.1, -0.05) is 50.2 Å². The third-order valence-electron chi connectivity index (χ3n) is 6.91. The van der Waals surface area contributed by atoms with Crippen molar-refractivity contribution in [2.75, 3.05) is 25.4 Å². The lowest BCUT2D eigenvalue weighted by atomic mass is 9.93. The highest BCUT2D eigenvalue weighted by molar-refractivity contribution is 7.90. The lowest BCUT2D eigenvalue weighted by molar-refractivity contribution is -0.384. The second-order valence-corrected chi connectivity index (χ2v) is 12.7. The summed E-state index contributed by atoms with van der Waals surface area (Å²) in [5, 5.41) is 39.9. The van der Waals surface area contributed by atoms with E-state index in [1.807, 2.05) is 44.2 Å². The van der Waals surface area contributed by atoms with Crippen LogP contribution in [0, 0.1) is 16.0 Å². The quantitative estimate of drug-likeness (QED) is 0.142. The number of hydrogen-bond acceptors (Lipinski definition) is 8. The van der Waals surface area contributed by atoms with Crippen molar-refractivity contribution in [1.29, 1.82) is 0 Å². The number of benzene rings is 3. The first-order valence-corrected chi connectivity index (χ1v) is 15.7. The molecule has 0 aliphatic rings. The fourth-order valence-electron chi connectivity index (χ4n) is 4.63. The van der Waals surface area contributed by atoms with Crippen molar-refractivity contribution in [1.82, 2.24) is 9.62 Å². The van der Waals surface area contributed by atoms with Gasteiger partial charge in [-0.3, -0.25) is 14.9 Å². The normalized spacial score (nSPS) is 12.1. The Balaban J connectivity index is 1.70. The minimum atomic E-state index is -3.88. The van der Waals surface area contributed by atoms with E-state index in [0.717, 1.165) is 21.6 Å². The van der Waals surface area contributed by atoms with Gasteiger partial charge in [-0.25, -0.2) is 17.9 Å². The fourth-order valence-corrected chi connectivity index (χ4v) is 5.63. The number of aliphatic hydroxyl groups excluding tert-OH is 2. The molecular formula is C31H37N3O9S. The van der Waals surface area contributed by atoms with Crippen LogP contribution >= 0.6 is 0 Å². The van der Waals surface area contributed by atoms with Crippen LogP contribution < -0.4 is 4.72 Å². The molecule has 0 saturated carbocycles. The first kappa shape index (κ1) is 34.2. The zero-order chi connectivity index (χ0) is 32.4. The number of nitro benzene ring substituents is 1. The number of rotatable bonds is 15. The lowest BCUT2D eigenvalue weighted by Crippen LogP contribution is -2.35. The molecule has 13 heteroatoms. The monoisotopic (exact) mass is 627 g/mol. The highest BCUT2D eigenvalue weighted by Crippen LogP contribution is 2.26. The summed E-state index contributed by atoms with van der Waals surface area (Å²) in [6, 6.07) is 18.0. The third-order valence-corrected chi connectivity index (χ3v) is 8.23. The van der Waals surface area contributed by atoms with Crippen LogP contribution in [-0.4, -0.2) is 71.0 Å². The van der Waals surface area contributed by atoms with Gasteiger partial charge in [0, 0.05) is 30.8 Å². The number of carbonyl (C=O) groups excluding carboxylic acids is 1. The van der Waals surface area contributed by atoms with Crippen molar-refractivity contribution in [2.45, 2.75) is 39.2 Å². The van der Waals surface area contributed by atoms with Crippen LogP contribution in [-0.2, 0) is 22.9 Å². The minimum absolute atomic E-state index is 0.0227. The summed E-state index contributed by atoms with van der Waals surface area (Å²) >= 11 is 0. The number of non-ortho nitro benzene ring substituents is 1. The summed E-state index contributed by atoms with van der Waals surface area (Å²) in [6.07, 6.45) is -1.41. The maximum Gasteiger partial charge on any atom is 0.407 e. The number of nitro groups is 1. The molecule has 0 radical (unpaired) electrons. The van der Waals surface area contributed by atoms with Gasteiger partial charge in [0.15, 0.2) is 0 Å². The Morgan fingerprint density at radius 1 is 1.00 bits per heavy atom. The molecule has 3 rings (SSSR count). The van der Waals surface area contributed by atoms with E-state index in [-0.39, 0.29) is 49.0 Å². The molecule has 236 valence electrons. The van der Waals surface area contributed by atoms with Crippen LogP contribution in [0.1, 0.15) is 53.4 Å². The van der Waals surface area contributed by atoms with Crippen molar-refractivity contribution >= 4 is 27.7 Å². The zero-order valence-electron chi connectivity index (χ0n) is 24.5. The van der Waals surface area contributed by atoms with Crippen LogP contribution in [0.5, 0.6) is 0 Å². The van der Waals surface area contributed by atoms with Crippen molar-refractivity contribution in [3.8, 4) is 11.1 Å². The molecule has 0 aliphatic heterocycles. The van der Waals surface area contributed by atoms with Gasteiger partial charge in [-0.2, -0.15) is 0 Å². The SMILES string of the molecule is CC(C)Cc1cc(-c2ccc(CCN(C[C@@H](O)c3ccc([N+](=O)[O-])cc3)C(=O)O)cc2)ccc1C(=O)NS(=O)(=O)CCCO. The molecule has 0 unspecified atom stereocenters. The Bertz CT molecular complexity index is 1560. The molecule has 3 aromatic rings. The fraction of sp³-hybridized carbons (Fsp3) is 0.355. The molecule has 0 aromatic heterocycles. The van der Waals surface area contributed by atoms with E-state index in [9.17, 15) is 38.3 Å². The van der Waals surface area contributed by atoms with Crippen molar-refractivity contribution < 1.29 is 38.2 Å². The van der Waals surface area contributed by atoms with E-state index >= 15 is 0 Å². The molecule has 4 N–H and O–H groups in total. The van der Waals surface area contributed by atoms with E-state index in [2.05, 4.69) is 4.72 Å². The summed E-state index contributed by atoms with van der Waals surface area (Å²) < 4.78 is 26.5. The van der Waals surface area contributed by atoms with E-state index in [0.29, 0.717) is 24.0 Å². The van der Waals surface area contributed by atoms with Crippen molar-refractivity contribution in [2.24, 2.45) is 5.92 Å². The Kier molecular flexibility index (Phi) is 12.0. The number of carbonyl (C=O) groups is 2. The molecule has 0 heterocycles. The topological polar surface area (TPSA) is 187 Å². The molecule has 0 spiro atoms. The van der Waals surface area contributed by atoms with Crippen molar-refractivity contribution in [3.63, 3.8) is 0 Å². The van der Waals surface area contributed by atoms with Gasteiger partial charge in [-0.05, 0) is 71.2 Å². The average molecular weight is 628 g/mol. The van der Waals surface area contributed by atoms with Gasteiger partial charge in [0.1, 0.15) is 0 Å². The minimum Gasteiger partial charge on any atom is -0.465 e. The van der Waals surface area contributed by atoms with Gasteiger partial charge >= 0.3 is 6.09 Å². The highest BCUT2D eigenvalue weighted by atomic mass is 32.2. The van der Waals surface area contributed by atoms with E-state index < -0.39 is 33.1 Å². The van der Waals surface area contributed by atoms with Crippen LogP contribution in [0.4, 0.5) is 10.5 Å². The van der Waals surface area contributed by atoms with Gasteiger partial charge in [-0.15, -0.1) is 0 Å². The molecule has 0 bridgehead atoms. The van der Waals surface area contributed by atoms with E-state index in [1.54, 1.807) is 12.1 Å². The summed E-state index contributed by atoms with van der Waals surface area (Å²) in [4.78, 5) is 36.1. The van der Waals surface area contributed by atoms with Crippen LogP contribution in [0.25, 0.3) is 11.1 Å². The molecule has 44 heavy (non-hydrogen) atoms. The number of nitrogens with one attached hydrogen (secondary N) is 1. The molecule has 0 fully saturated rings. The number of amides is 2. The highest BCUT2D eigenvalue weighted by Gasteiger charge is 2.21. The number of aliphatic hydroxyl groups is 2. The lowest BCUT2D eigenvalue weighted by Gasteiger charge is -2.22. The second kappa shape index (κ2) is 15.4. The van der Waals surface area contributed by atoms with Crippen LogP contribution in [0.2, 0.25) is 0 Å². The second-order valence-electron chi connectivity index (χ2n) is 10.8. The third kappa shape index (κ3) is 9.86. The van der Waals surface area contributed by atoms with E-state index in [1.165, 1.54) is 24.3 Å². The number of sulfonamides is 1. The van der Waals surface area contributed by atoms with Gasteiger partial charge < -0.3 is 20.2 Å². The number of hydrogen-bond donors (Lipinski definition) is 4. The molecule has 12 nitrogen and oxygen atoms in total. The summed E-state index contributed by atoms with van der Waals surface area (Å²) in [7, 11) is -3.88. The number of nitrogens with zero attached hydrogens (tertiary/aromatic N) is 2. The maximum atomic E-state index is 12.8. The Morgan fingerprint density at radius 2 is 1.64 bits per heavy atom. The Hall–Kier alpha value is -4.33. The van der Waals surface area contributed by atoms with Gasteiger partial charge in [0.05, 0.1) is 23.3 Å². The summed E-state index contributed by atoms with van der Waals surface area (Å²) in [6.45, 7) is 3.60. The molecule has 2 amide bonds. The van der Waals surface area contributed by atoms with Crippen LogP contribution in [0.15, 0.2) is 66.7 Å². The maximum absolute atomic E-state index is 12.8. The number of carboxylic acid groups (broad SMARTS) is 1. The zero-order valence-corrected chi connectivity index (χ0v) is 25.4. The predicted octanol–water partition coefficient (Wildman–Crippen LogP) is 4.16. The first-order chi connectivity index (χ1) is 20.8. The van der Waals surface area contributed by atoms with Crippen molar-refractivity contribution in [3.05, 3.63) is 99.1 Å². The Morgan fingerprint density at radius 3 is 2.20 bits per heavy atom. The molecule has 1 atom stereocenters. The summed E-state index contributed by atoms with van der Waals surface area (Å²) in [5.41, 5.74) is 3.73. The Labute approximate surface area is 256 Å². The van der Waals surface area contributed by atoms with E-state index in [4.69, 9.17) is 5.11 Å². The summed E-state index contributed by atoms with van der Waals surface area (Å²) in [5.74, 6) is -0.882. The molecule has 0 aliphatic carbocycles. The van der Waals surface area contributed by atoms with Gasteiger partial charge in [0.2, 0.25) is 10.0 Å². The molecule has 0 saturated heterocycles. The standard InChI is InChI=1S/C31H37N3O9S/c1-21(2)18-26-19-25(10-13-28(26)30(37)32-44(42,43)17-3-16-35)23-6-4-22(5-7-23)14-15-33(31(38)39)20-29(36)24-8-11-27(12-9-24)34(40)41/h4-13,19,21,29,35-36H,3,14-18,20H2,1-2H3,(H,32,37)(H,38,39)/t29-/m1/s1. The smallest absolute Gasteiger partial charge is 0.407 e. The largest absolute Gasteiger partial charge is 0.465 e. The average Bonchev–Trinajstić information content (AvgIpc) is 2.97.